The predicted octanol–water partition coefficient (Wildman–Crippen LogP) is 4.95. The molecule has 0 aliphatic carbocycles. The Morgan fingerprint density at radius 1 is 1.17 bits per heavy atom. The van der Waals surface area contributed by atoms with Gasteiger partial charge in [-0.15, -0.1) is 0 Å². The van der Waals surface area contributed by atoms with Gasteiger partial charge in [0, 0.05) is 16.8 Å². The number of anilines is 1. The summed E-state index contributed by atoms with van der Waals surface area (Å²) >= 11 is 4.50. The molecule has 1 aliphatic rings. The van der Waals surface area contributed by atoms with E-state index in [0.29, 0.717) is 12.2 Å². The first kappa shape index (κ1) is 16.5. The van der Waals surface area contributed by atoms with Gasteiger partial charge in [0.2, 0.25) is 0 Å². The van der Waals surface area contributed by atoms with Crippen molar-refractivity contribution in [2.45, 2.75) is 0 Å². The molecule has 116 valence electrons. The van der Waals surface area contributed by atoms with Crippen molar-refractivity contribution in [2.75, 3.05) is 11.9 Å². The van der Waals surface area contributed by atoms with E-state index in [2.05, 4.69) is 57.1 Å². The van der Waals surface area contributed by atoms with Crippen LogP contribution in [-0.4, -0.2) is 12.5 Å². The lowest BCUT2D eigenvalue weighted by molar-refractivity contribution is -0.110. The van der Waals surface area contributed by atoms with Gasteiger partial charge < -0.3 is 10.1 Å². The van der Waals surface area contributed by atoms with Crippen LogP contribution < -0.4 is 10.1 Å². The largest absolute Gasteiger partial charge is 0.487 e. The van der Waals surface area contributed by atoms with Gasteiger partial charge in [-0.05, 0) is 75.0 Å². The quantitative estimate of drug-likeness (QED) is 0.346. The lowest BCUT2D eigenvalue weighted by Gasteiger charge is -2.10. The number of fused-ring (bicyclic) bond motifs is 1. The van der Waals surface area contributed by atoms with E-state index in [4.69, 9.17) is 4.74 Å². The molecule has 5 heteroatoms. The molecule has 0 atom stereocenters. The SMILES string of the molecule is C=CCOc1c(I)cc(/C=C2\C(=O)Nc3ccccc32)cc1I. The molecule has 0 saturated carbocycles. The maximum atomic E-state index is 12.2. The Morgan fingerprint density at radius 2 is 1.87 bits per heavy atom. The number of para-hydroxylation sites is 1. The lowest BCUT2D eigenvalue weighted by Crippen LogP contribution is -2.03. The smallest absolute Gasteiger partial charge is 0.256 e. The molecular formula is C18H13I2NO2. The van der Waals surface area contributed by atoms with Gasteiger partial charge in [0.1, 0.15) is 12.4 Å². The molecule has 0 bridgehead atoms. The second-order valence-electron chi connectivity index (χ2n) is 4.97. The van der Waals surface area contributed by atoms with Crippen LogP contribution in [0.25, 0.3) is 11.6 Å². The molecule has 23 heavy (non-hydrogen) atoms. The van der Waals surface area contributed by atoms with Crippen molar-refractivity contribution in [3.8, 4) is 5.75 Å². The van der Waals surface area contributed by atoms with Crippen molar-refractivity contribution in [1.82, 2.24) is 0 Å². The van der Waals surface area contributed by atoms with E-state index < -0.39 is 0 Å². The number of ether oxygens (including phenoxy) is 1. The van der Waals surface area contributed by atoms with E-state index in [1.54, 1.807) is 6.08 Å². The van der Waals surface area contributed by atoms with Crippen molar-refractivity contribution >= 4 is 68.4 Å². The highest BCUT2D eigenvalue weighted by Crippen LogP contribution is 2.35. The molecule has 2 aromatic rings. The fraction of sp³-hybridized carbons (Fsp3) is 0.0556. The van der Waals surface area contributed by atoms with Gasteiger partial charge in [0.25, 0.3) is 5.91 Å². The van der Waals surface area contributed by atoms with Crippen LogP contribution in [0.2, 0.25) is 0 Å². The number of hydrogen-bond acceptors (Lipinski definition) is 2. The summed E-state index contributed by atoms with van der Waals surface area (Å²) in [6.07, 6.45) is 3.64. The molecule has 2 aromatic carbocycles. The number of halogens is 2. The minimum absolute atomic E-state index is 0.0665. The van der Waals surface area contributed by atoms with Crippen LogP contribution >= 0.6 is 45.2 Å². The van der Waals surface area contributed by atoms with Gasteiger partial charge in [-0.2, -0.15) is 0 Å². The summed E-state index contributed by atoms with van der Waals surface area (Å²) in [5.74, 6) is 0.785. The highest BCUT2D eigenvalue weighted by molar-refractivity contribution is 14.1. The first-order valence-electron chi connectivity index (χ1n) is 6.95. The lowest BCUT2D eigenvalue weighted by atomic mass is 10.0. The maximum absolute atomic E-state index is 12.2. The minimum atomic E-state index is -0.0665. The molecule has 1 heterocycles. The third-order valence-corrected chi connectivity index (χ3v) is 4.99. The van der Waals surface area contributed by atoms with Crippen LogP contribution in [0.4, 0.5) is 5.69 Å². The highest BCUT2D eigenvalue weighted by atomic mass is 127. The minimum Gasteiger partial charge on any atom is -0.487 e. The van der Waals surface area contributed by atoms with Crippen molar-refractivity contribution in [1.29, 1.82) is 0 Å². The molecule has 0 saturated heterocycles. The fourth-order valence-electron chi connectivity index (χ4n) is 2.39. The molecule has 0 spiro atoms. The Kier molecular flexibility index (Phi) is 5.05. The number of rotatable bonds is 4. The van der Waals surface area contributed by atoms with Crippen LogP contribution in [-0.2, 0) is 4.79 Å². The summed E-state index contributed by atoms with van der Waals surface area (Å²) in [6.45, 7) is 4.14. The van der Waals surface area contributed by atoms with E-state index in [1.165, 1.54) is 0 Å². The zero-order valence-corrected chi connectivity index (χ0v) is 16.4. The zero-order chi connectivity index (χ0) is 16.4. The number of nitrogens with one attached hydrogen (secondary N) is 1. The van der Waals surface area contributed by atoms with Crippen molar-refractivity contribution in [3.05, 3.63) is 67.3 Å². The predicted molar refractivity (Wildman–Crippen MR) is 111 cm³/mol. The van der Waals surface area contributed by atoms with E-state index in [1.807, 2.05) is 42.5 Å². The Bertz CT molecular complexity index is 805. The van der Waals surface area contributed by atoms with E-state index in [-0.39, 0.29) is 5.91 Å². The van der Waals surface area contributed by atoms with Crippen molar-refractivity contribution < 1.29 is 9.53 Å². The van der Waals surface area contributed by atoms with Crippen molar-refractivity contribution in [3.63, 3.8) is 0 Å². The van der Waals surface area contributed by atoms with Crippen molar-refractivity contribution in [2.24, 2.45) is 0 Å². The number of hydrogen-bond donors (Lipinski definition) is 1. The molecule has 1 N–H and O–H groups in total. The molecule has 0 aromatic heterocycles. The number of benzene rings is 2. The van der Waals surface area contributed by atoms with Gasteiger partial charge in [-0.25, -0.2) is 0 Å². The molecule has 0 radical (unpaired) electrons. The summed E-state index contributed by atoms with van der Waals surface area (Å²) in [6, 6.07) is 11.8. The van der Waals surface area contributed by atoms with Gasteiger partial charge in [0.05, 0.1) is 7.14 Å². The molecular weight excluding hydrogens is 516 g/mol. The van der Waals surface area contributed by atoms with Gasteiger partial charge >= 0.3 is 0 Å². The van der Waals surface area contributed by atoms with Gasteiger partial charge in [-0.3, -0.25) is 4.79 Å². The van der Waals surface area contributed by atoms with Crippen LogP contribution in [0.5, 0.6) is 5.75 Å². The third kappa shape index (κ3) is 3.45. The summed E-state index contributed by atoms with van der Waals surface area (Å²) < 4.78 is 7.70. The molecule has 3 nitrogen and oxygen atoms in total. The average molecular weight is 529 g/mol. The zero-order valence-electron chi connectivity index (χ0n) is 12.1. The third-order valence-electron chi connectivity index (χ3n) is 3.39. The Morgan fingerprint density at radius 3 is 2.57 bits per heavy atom. The standard InChI is InChI=1S/C18H13I2NO2/c1-2-7-23-17-14(19)9-11(10-15(17)20)8-13-12-5-3-4-6-16(12)21-18(13)22/h2-6,8-10H,1,7H2,(H,21,22)/b13-8-. The summed E-state index contributed by atoms with van der Waals surface area (Å²) in [5, 5.41) is 2.89. The summed E-state index contributed by atoms with van der Waals surface area (Å²) in [7, 11) is 0. The van der Waals surface area contributed by atoms with E-state index in [0.717, 1.165) is 29.7 Å². The number of carbonyl (C=O) groups is 1. The van der Waals surface area contributed by atoms with E-state index in [9.17, 15) is 4.79 Å². The Labute approximate surface area is 162 Å². The Hall–Kier alpha value is -1.35. The van der Waals surface area contributed by atoms with Crippen LogP contribution in [0.15, 0.2) is 49.1 Å². The summed E-state index contributed by atoms with van der Waals surface area (Å²) in [5.41, 5.74) is 3.46. The first-order chi connectivity index (χ1) is 11.1. The fourth-order valence-corrected chi connectivity index (χ4v) is 4.52. The average Bonchev–Trinajstić information content (AvgIpc) is 2.83. The second-order valence-corrected chi connectivity index (χ2v) is 7.30. The topological polar surface area (TPSA) is 38.3 Å². The number of amides is 1. The molecule has 1 amide bonds. The van der Waals surface area contributed by atoms with E-state index >= 15 is 0 Å². The van der Waals surface area contributed by atoms with Gasteiger partial charge in [0.15, 0.2) is 0 Å². The Balaban J connectivity index is 2.00. The molecule has 0 fully saturated rings. The monoisotopic (exact) mass is 529 g/mol. The maximum Gasteiger partial charge on any atom is 0.256 e. The molecule has 3 rings (SSSR count). The van der Waals surface area contributed by atoms with Crippen LogP contribution in [0.1, 0.15) is 11.1 Å². The highest BCUT2D eigenvalue weighted by Gasteiger charge is 2.23. The van der Waals surface area contributed by atoms with Crippen LogP contribution in [0.3, 0.4) is 0 Å². The summed E-state index contributed by atoms with van der Waals surface area (Å²) in [4.78, 5) is 12.2. The number of carbonyl (C=O) groups excluding carboxylic acids is 1. The first-order valence-corrected chi connectivity index (χ1v) is 9.11. The molecule has 0 unspecified atom stereocenters. The van der Waals surface area contributed by atoms with Gasteiger partial charge in [-0.1, -0.05) is 30.9 Å². The molecule has 1 aliphatic heterocycles. The second kappa shape index (κ2) is 7.04. The van der Waals surface area contributed by atoms with Crippen LogP contribution in [0, 0.1) is 7.14 Å². The normalized spacial score (nSPS) is 14.5.